The minimum atomic E-state index is -0.652. The van der Waals surface area contributed by atoms with E-state index < -0.39 is 5.97 Å². The van der Waals surface area contributed by atoms with Gasteiger partial charge in [0.1, 0.15) is 30.6 Å². The maximum absolute atomic E-state index is 11.8. The molecular formula is C22H23NO5. The molecule has 0 atom stereocenters. The molecule has 0 saturated carbocycles. The van der Waals surface area contributed by atoms with Crippen LogP contribution in [0, 0.1) is 11.3 Å². The molecule has 0 aliphatic carbocycles. The fraction of sp³-hybridized carbons (Fsp3) is 0.273. The summed E-state index contributed by atoms with van der Waals surface area (Å²) in [7, 11) is 0. The smallest absolute Gasteiger partial charge is 0.348 e. The largest absolute Gasteiger partial charge is 0.490 e. The van der Waals surface area contributed by atoms with Crippen molar-refractivity contribution in [3.05, 3.63) is 59.7 Å². The van der Waals surface area contributed by atoms with E-state index in [1.54, 1.807) is 25.1 Å². The highest BCUT2D eigenvalue weighted by molar-refractivity contribution is 5.97. The number of hydrogen-bond acceptors (Lipinski definition) is 6. The minimum absolute atomic E-state index is 0.0748. The van der Waals surface area contributed by atoms with Crippen LogP contribution in [0.1, 0.15) is 19.4 Å². The normalized spacial score (nSPS) is 10.7. The first-order valence-corrected chi connectivity index (χ1v) is 9.04. The van der Waals surface area contributed by atoms with Crippen LogP contribution in [0.4, 0.5) is 0 Å². The van der Waals surface area contributed by atoms with Crippen molar-refractivity contribution in [1.82, 2.24) is 0 Å². The van der Waals surface area contributed by atoms with E-state index in [-0.39, 0.29) is 12.2 Å². The van der Waals surface area contributed by atoms with Crippen LogP contribution in [-0.4, -0.2) is 32.4 Å². The summed E-state index contributed by atoms with van der Waals surface area (Å²) in [6, 6.07) is 16.5. The Kier molecular flexibility index (Phi) is 8.41. The number of para-hydroxylation sites is 1. The first-order chi connectivity index (χ1) is 13.7. The molecule has 0 spiro atoms. The van der Waals surface area contributed by atoms with E-state index in [4.69, 9.17) is 24.2 Å². The van der Waals surface area contributed by atoms with Gasteiger partial charge in [-0.25, -0.2) is 4.79 Å². The average molecular weight is 381 g/mol. The molecule has 0 aliphatic heterocycles. The number of carbonyl (C=O) groups is 1. The van der Waals surface area contributed by atoms with Crippen LogP contribution < -0.4 is 14.2 Å². The summed E-state index contributed by atoms with van der Waals surface area (Å²) in [5.41, 5.74) is 0.565. The van der Waals surface area contributed by atoms with Crippen molar-refractivity contribution in [3.63, 3.8) is 0 Å². The number of nitriles is 1. The molecule has 2 aromatic rings. The molecule has 0 bridgehead atoms. The molecule has 6 nitrogen and oxygen atoms in total. The Morgan fingerprint density at radius 3 is 2.39 bits per heavy atom. The lowest BCUT2D eigenvalue weighted by molar-refractivity contribution is -0.137. The second-order valence-corrected chi connectivity index (χ2v) is 5.54. The maximum Gasteiger partial charge on any atom is 0.348 e. The van der Waals surface area contributed by atoms with Gasteiger partial charge < -0.3 is 18.9 Å². The zero-order valence-electron chi connectivity index (χ0n) is 16.0. The predicted octanol–water partition coefficient (Wildman–Crippen LogP) is 4.01. The first-order valence-electron chi connectivity index (χ1n) is 9.04. The summed E-state index contributed by atoms with van der Waals surface area (Å²) in [4.78, 5) is 11.8. The van der Waals surface area contributed by atoms with Gasteiger partial charge in [0.25, 0.3) is 0 Å². The molecule has 0 aliphatic rings. The number of esters is 1. The molecule has 0 fully saturated rings. The monoisotopic (exact) mass is 381 g/mol. The number of rotatable bonds is 10. The van der Waals surface area contributed by atoms with Crippen LogP contribution in [0.5, 0.6) is 17.2 Å². The molecule has 0 saturated heterocycles. The third-order valence-corrected chi connectivity index (χ3v) is 3.55. The van der Waals surface area contributed by atoms with E-state index in [9.17, 15) is 4.79 Å². The van der Waals surface area contributed by atoms with Gasteiger partial charge >= 0.3 is 5.97 Å². The van der Waals surface area contributed by atoms with Crippen LogP contribution in [0.3, 0.4) is 0 Å². The van der Waals surface area contributed by atoms with Crippen molar-refractivity contribution in [2.75, 3.05) is 26.4 Å². The van der Waals surface area contributed by atoms with Gasteiger partial charge in [0.15, 0.2) is 11.5 Å². The average Bonchev–Trinajstić information content (AvgIpc) is 2.71. The molecular weight excluding hydrogens is 358 g/mol. The van der Waals surface area contributed by atoms with Gasteiger partial charge in [-0.2, -0.15) is 5.26 Å². The second kappa shape index (κ2) is 11.3. The van der Waals surface area contributed by atoms with Crippen molar-refractivity contribution in [2.24, 2.45) is 0 Å². The van der Waals surface area contributed by atoms with E-state index in [1.165, 1.54) is 6.08 Å². The summed E-state index contributed by atoms with van der Waals surface area (Å²) in [5, 5.41) is 9.16. The van der Waals surface area contributed by atoms with Gasteiger partial charge in [-0.05, 0) is 49.8 Å². The number of hydrogen-bond donors (Lipinski definition) is 0. The Labute approximate surface area is 164 Å². The highest BCUT2D eigenvalue weighted by atomic mass is 16.5. The Balaban J connectivity index is 2.05. The summed E-state index contributed by atoms with van der Waals surface area (Å²) >= 11 is 0. The maximum atomic E-state index is 11.8. The molecule has 0 aromatic heterocycles. The van der Waals surface area contributed by atoms with E-state index in [0.29, 0.717) is 36.9 Å². The summed E-state index contributed by atoms with van der Waals surface area (Å²) in [6.45, 7) is 4.94. The lowest BCUT2D eigenvalue weighted by Crippen LogP contribution is -2.10. The number of ether oxygens (including phenoxy) is 4. The molecule has 0 unspecified atom stereocenters. The molecule has 0 amide bonds. The predicted molar refractivity (Wildman–Crippen MR) is 105 cm³/mol. The van der Waals surface area contributed by atoms with E-state index in [2.05, 4.69) is 0 Å². The van der Waals surface area contributed by atoms with Crippen molar-refractivity contribution < 1.29 is 23.7 Å². The molecule has 2 rings (SSSR count). The zero-order chi connectivity index (χ0) is 20.2. The molecule has 0 radical (unpaired) electrons. The Morgan fingerprint density at radius 1 is 0.964 bits per heavy atom. The molecule has 0 heterocycles. The van der Waals surface area contributed by atoms with Gasteiger partial charge in [-0.3, -0.25) is 0 Å². The fourth-order valence-corrected chi connectivity index (χ4v) is 2.34. The van der Waals surface area contributed by atoms with E-state index in [1.807, 2.05) is 43.3 Å². The standard InChI is InChI=1S/C22H23NO5/c1-3-25-21-15-17(14-18(16-23)22(24)26-4-2)10-11-20(21)28-13-12-27-19-8-6-5-7-9-19/h5-11,14-15H,3-4,12-13H2,1-2H3/b18-14-. The summed E-state index contributed by atoms with van der Waals surface area (Å²) in [5.74, 6) is 1.21. The second-order valence-electron chi connectivity index (χ2n) is 5.54. The van der Waals surface area contributed by atoms with Crippen LogP contribution in [-0.2, 0) is 9.53 Å². The van der Waals surface area contributed by atoms with Gasteiger partial charge in [-0.15, -0.1) is 0 Å². The van der Waals surface area contributed by atoms with E-state index >= 15 is 0 Å². The molecule has 28 heavy (non-hydrogen) atoms. The Morgan fingerprint density at radius 2 is 1.71 bits per heavy atom. The first kappa shape index (κ1) is 20.8. The number of carbonyl (C=O) groups excluding carboxylic acids is 1. The third kappa shape index (κ3) is 6.36. The quantitative estimate of drug-likeness (QED) is 0.268. The van der Waals surface area contributed by atoms with Gasteiger partial charge in [0.2, 0.25) is 0 Å². The summed E-state index contributed by atoms with van der Waals surface area (Å²) in [6.07, 6.45) is 1.46. The molecule has 6 heteroatoms. The van der Waals surface area contributed by atoms with Crippen molar-refractivity contribution in [2.45, 2.75) is 13.8 Å². The number of benzene rings is 2. The topological polar surface area (TPSA) is 77.8 Å². The van der Waals surface area contributed by atoms with Gasteiger partial charge in [0.05, 0.1) is 13.2 Å². The highest BCUT2D eigenvalue weighted by Crippen LogP contribution is 2.29. The number of nitrogens with zero attached hydrogens (tertiary/aromatic N) is 1. The van der Waals surface area contributed by atoms with E-state index in [0.717, 1.165) is 5.75 Å². The van der Waals surface area contributed by atoms with Crippen molar-refractivity contribution in [3.8, 4) is 23.3 Å². The zero-order valence-corrected chi connectivity index (χ0v) is 16.0. The SMILES string of the molecule is CCOC(=O)/C(C#N)=C\c1ccc(OCCOc2ccccc2)c(OCC)c1. The Bertz CT molecular complexity index is 840. The van der Waals surface area contributed by atoms with Crippen LogP contribution in [0.15, 0.2) is 54.1 Å². The minimum Gasteiger partial charge on any atom is -0.490 e. The Hall–Kier alpha value is -3.46. The van der Waals surface area contributed by atoms with Crippen LogP contribution in [0.2, 0.25) is 0 Å². The van der Waals surface area contributed by atoms with Gasteiger partial charge in [-0.1, -0.05) is 24.3 Å². The molecule has 0 N–H and O–H groups in total. The third-order valence-electron chi connectivity index (χ3n) is 3.55. The van der Waals surface area contributed by atoms with Crippen LogP contribution in [0.25, 0.3) is 6.08 Å². The van der Waals surface area contributed by atoms with Crippen molar-refractivity contribution in [1.29, 1.82) is 5.26 Å². The highest BCUT2D eigenvalue weighted by Gasteiger charge is 2.11. The lowest BCUT2D eigenvalue weighted by atomic mass is 10.1. The summed E-state index contributed by atoms with van der Waals surface area (Å²) < 4.78 is 21.9. The van der Waals surface area contributed by atoms with Crippen LogP contribution >= 0.6 is 0 Å². The molecule has 146 valence electrons. The molecule has 2 aromatic carbocycles. The van der Waals surface area contributed by atoms with Gasteiger partial charge in [0, 0.05) is 0 Å². The van der Waals surface area contributed by atoms with Crippen molar-refractivity contribution >= 4 is 12.0 Å². The lowest BCUT2D eigenvalue weighted by Gasteiger charge is -2.13. The fourth-order valence-electron chi connectivity index (χ4n) is 2.34.